The van der Waals surface area contributed by atoms with Crippen LogP contribution in [-0.4, -0.2) is 4.98 Å². The van der Waals surface area contributed by atoms with Crippen molar-refractivity contribution < 1.29 is 4.74 Å². The van der Waals surface area contributed by atoms with E-state index in [1.165, 1.54) is 0 Å². The number of hydrogen-bond acceptors (Lipinski definition) is 3. The summed E-state index contributed by atoms with van der Waals surface area (Å²) in [6, 6.07) is 9.58. The van der Waals surface area contributed by atoms with E-state index in [1.54, 1.807) is 6.20 Å². The van der Waals surface area contributed by atoms with Crippen LogP contribution in [0.15, 0.2) is 41.0 Å². The number of nitrogens with two attached hydrogens (primary N) is 1. The fourth-order valence-electron chi connectivity index (χ4n) is 1.48. The smallest absolute Gasteiger partial charge is 0.219 e. The van der Waals surface area contributed by atoms with Crippen molar-refractivity contribution in [1.82, 2.24) is 4.98 Å². The predicted octanol–water partition coefficient (Wildman–Crippen LogP) is 3.40. The number of pyridine rings is 1. The topological polar surface area (TPSA) is 48.1 Å². The highest BCUT2D eigenvalue weighted by molar-refractivity contribution is 9.10. The van der Waals surface area contributed by atoms with Gasteiger partial charge < -0.3 is 10.5 Å². The Morgan fingerprint density at radius 2 is 2.12 bits per heavy atom. The van der Waals surface area contributed by atoms with Gasteiger partial charge in [-0.05, 0) is 36.8 Å². The Balaban J connectivity index is 2.29. The van der Waals surface area contributed by atoms with Gasteiger partial charge in [-0.15, -0.1) is 0 Å². The summed E-state index contributed by atoms with van der Waals surface area (Å²) >= 11 is 3.41. The van der Waals surface area contributed by atoms with Crippen LogP contribution in [0.5, 0.6) is 11.6 Å². The van der Waals surface area contributed by atoms with E-state index in [0.29, 0.717) is 12.4 Å². The summed E-state index contributed by atoms with van der Waals surface area (Å²) < 4.78 is 6.71. The molecule has 1 aromatic carbocycles. The molecule has 0 bridgehead atoms. The zero-order chi connectivity index (χ0) is 12.3. The second-order valence-corrected chi connectivity index (χ2v) is 4.65. The van der Waals surface area contributed by atoms with Gasteiger partial charge in [0.15, 0.2) is 0 Å². The van der Waals surface area contributed by atoms with E-state index in [1.807, 2.05) is 37.3 Å². The van der Waals surface area contributed by atoms with Crippen molar-refractivity contribution >= 4 is 15.9 Å². The first-order valence-electron chi connectivity index (χ1n) is 5.28. The predicted molar refractivity (Wildman–Crippen MR) is 71.1 cm³/mol. The highest BCUT2D eigenvalue weighted by atomic mass is 79.9. The Kier molecular flexibility index (Phi) is 3.76. The van der Waals surface area contributed by atoms with Crippen LogP contribution >= 0.6 is 15.9 Å². The van der Waals surface area contributed by atoms with E-state index in [0.717, 1.165) is 21.3 Å². The number of benzene rings is 1. The summed E-state index contributed by atoms with van der Waals surface area (Å²) in [6.07, 6.45) is 1.73. The number of nitrogens with zero attached hydrogens (tertiary/aromatic N) is 1. The van der Waals surface area contributed by atoms with Crippen molar-refractivity contribution in [1.29, 1.82) is 0 Å². The molecule has 0 aliphatic carbocycles. The minimum absolute atomic E-state index is 0.431. The summed E-state index contributed by atoms with van der Waals surface area (Å²) in [6.45, 7) is 2.43. The molecule has 0 atom stereocenters. The van der Waals surface area contributed by atoms with E-state index in [-0.39, 0.29) is 0 Å². The summed E-state index contributed by atoms with van der Waals surface area (Å²) in [5.74, 6) is 1.33. The van der Waals surface area contributed by atoms with Crippen molar-refractivity contribution in [3.8, 4) is 11.6 Å². The molecule has 0 aliphatic heterocycles. The van der Waals surface area contributed by atoms with Crippen LogP contribution in [-0.2, 0) is 6.54 Å². The van der Waals surface area contributed by atoms with E-state index >= 15 is 0 Å². The molecule has 2 N–H and O–H groups in total. The number of rotatable bonds is 3. The standard InChI is InChI=1S/C13H13BrN2O/c1-9-4-5-16-13(6-9)17-12-3-2-11(14)7-10(12)8-15/h2-7H,8,15H2,1H3. The molecule has 1 heterocycles. The van der Waals surface area contributed by atoms with Crippen LogP contribution in [0, 0.1) is 6.92 Å². The molecule has 0 amide bonds. The molecule has 0 saturated carbocycles. The normalized spacial score (nSPS) is 10.3. The van der Waals surface area contributed by atoms with Gasteiger partial charge in [-0.3, -0.25) is 0 Å². The zero-order valence-electron chi connectivity index (χ0n) is 9.48. The molecule has 0 aliphatic rings. The summed E-state index contributed by atoms with van der Waals surface area (Å²) in [4.78, 5) is 4.16. The lowest BCUT2D eigenvalue weighted by molar-refractivity contribution is 0.456. The molecule has 3 nitrogen and oxygen atoms in total. The lowest BCUT2D eigenvalue weighted by Crippen LogP contribution is -2.00. The lowest BCUT2D eigenvalue weighted by Gasteiger charge is -2.09. The molecule has 0 fully saturated rings. The number of hydrogen-bond donors (Lipinski definition) is 1. The Labute approximate surface area is 109 Å². The molecular weight excluding hydrogens is 280 g/mol. The molecule has 2 aromatic rings. The molecule has 88 valence electrons. The van der Waals surface area contributed by atoms with Crippen molar-refractivity contribution in [3.05, 3.63) is 52.1 Å². The van der Waals surface area contributed by atoms with Crippen LogP contribution in [0.2, 0.25) is 0 Å². The van der Waals surface area contributed by atoms with Crippen molar-refractivity contribution in [2.75, 3.05) is 0 Å². The first kappa shape index (κ1) is 12.1. The maximum absolute atomic E-state index is 5.72. The molecule has 17 heavy (non-hydrogen) atoms. The molecule has 0 radical (unpaired) electrons. The van der Waals surface area contributed by atoms with Gasteiger partial charge in [0.25, 0.3) is 0 Å². The third kappa shape index (κ3) is 3.05. The fraction of sp³-hybridized carbons (Fsp3) is 0.154. The van der Waals surface area contributed by atoms with Gasteiger partial charge >= 0.3 is 0 Å². The van der Waals surface area contributed by atoms with Crippen LogP contribution in [0.25, 0.3) is 0 Å². The van der Waals surface area contributed by atoms with Crippen LogP contribution < -0.4 is 10.5 Å². The SMILES string of the molecule is Cc1ccnc(Oc2ccc(Br)cc2CN)c1. The quantitative estimate of drug-likeness (QED) is 0.943. The summed E-state index contributed by atoms with van der Waals surface area (Å²) in [5.41, 5.74) is 7.74. The molecule has 4 heteroatoms. The van der Waals surface area contributed by atoms with Crippen molar-refractivity contribution in [2.45, 2.75) is 13.5 Å². The largest absolute Gasteiger partial charge is 0.439 e. The van der Waals surface area contributed by atoms with Gasteiger partial charge in [0.05, 0.1) is 0 Å². The molecule has 0 saturated heterocycles. The Bertz CT molecular complexity index is 529. The lowest BCUT2D eigenvalue weighted by atomic mass is 10.2. The minimum atomic E-state index is 0.431. The second-order valence-electron chi connectivity index (χ2n) is 3.73. The third-order valence-electron chi connectivity index (χ3n) is 2.35. The maximum atomic E-state index is 5.72. The number of aryl methyl sites for hydroxylation is 1. The zero-order valence-corrected chi connectivity index (χ0v) is 11.1. The fourth-order valence-corrected chi connectivity index (χ4v) is 1.89. The first-order chi connectivity index (χ1) is 8.19. The monoisotopic (exact) mass is 292 g/mol. The van der Waals surface area contributed by atoms with E-state index in [9.17, 15) is 0 Å². The average molecular weight is 293 g/mol. The molecule has 0 spiro atoms. The van der Waals surface area contributed by atoms with Gasteiger partial charge in [-0.1, -0.05) is 15.9 Å². The Morgan fingerprint density at radius 1 is 1.29 bits per heavy atom. The maximum Gasteiger partial charge on any atom is 0.219 e. The van der Waals surface area contributed by atoms with E-state index in [2.05, 4.69) is 20.9 Å². The highest BCUT2D eigenvalue weighted by Gasteiger charge is 2.05. The van der Waals surface area contributed by atoms with Crippen LogP contribution in [0.4, 0.5) is 0 Å². The van der Waals surface area contributed by atoms with Crippen LogP contribution in [0.3, 0.4) is 0 Å². The minimum Gasteiger partial charge on any atom is -0.439 e. The molecule has 0 unspecified atom stereocenters. The molecule has 2 rings (SSSR count). The number of ether oxygens (including phenoxy) is 1. The Morgan fingerprint density at radius 3 is 2.82 bits per heavy atom. The average Bonchev–Trinajstić information content (AvgIpc) is 2.31. The van der Waals surface area contributed by atoms with Gasteiger partial charge in [0.2, 0.25) is 5.88 Å². The van der Waals surface area contributed by atoms with Crippen molar-refractivity contribution in [3.63, 3.8) is 0 Å². The van der Waals surface area contributed by atoms with Gasteiger partial charge in [-0.2, -0.15) is 0 Å². The second kappa shape index (κ2) is 5.29. The van der Waals surface area contributed by atoms with Crippen molar-refractivity contribution in [2.24, 2.45) is 5.73 Å². The van der Waals surface area contributed by atoms with E-state index < -0.39 is 0 Å². The summed E-state index contributed by atoms with van der Waals surface area (Å²) in [5, 5.41) is 0. The molecular formula is C13H13BrN2O. The van der Waals surface area contributed by atoms with Gasteiger partial charge in [0, 0.05) is 28.8 Å². The van der Waals surface area contributed by atoms with Crippen LogP contribution in [0.1, 0.15) is 11.1 Å². The first-order valence-corrected chi connectivity index (χ1v) is 6.07. The summed E-state index contributed by atoms with van der Waals surface area (Å²) in [7, 11) is 0. The third-order valence-corrected chi connectivity index (χ3v) is 2.84. The number of aromatic nitrogens is 1. The van der Waals surface area contributed by atoms with E-state index in [4.69, 9.17) is 10.5 Å². The Hall–Kier alpha value is -1.39. The highest BCUT2D eigenvalue weighted by Crippen LogP contribution is 2.26. The van der Waals surface area contributed by atoms with Gasteiger partial charge in [0.1, 0.15) is 5.75 Å². The van der Waals surface area contributed by atoms with Gasteiger partial charge in [-0.25, -0.2) is 4.98 Å². The molecule has 1 aromatic heterocycles. The number of halogens is 1.